The first-order chi connectivity index (χ1) is 8.02. The third kappa shape index (κ3) is 1.73. The molecule has 0 spiro atoms. The SMILES string of the molecule is C[C@H](C(=O)[O-])n1c(=O)[nH]c2ccccc2c1=O. The normalized spacial score (nSPS) is 12.5. The van der Waals surface area contributed by atoms with Gasteiger partial charge in [-0.15, -0.1) is 0 Å². The van der Waals surface area contributed by atoms with Crippen LogP contribution in [0.4, 0.5) is 0 Å². The molecule has 6 heteroatoms. The Morgan fingerprint density at radius 2 is 2.00 bits per heavy atom. The van der Waals surface area contributed by atoms with Gasteiger partial charge in [0.05, 0.1) is 22.9 Å². The van der Waals surface area contributed by atoms with Gasteiger partial charge in [-0.05, 0) is 19.1 Å². The molecule has 17 heavy (non-hydrogen) atoms. The van der Waals surface area contributed by atoms with Gasteiger partial charge in [0.2, 0.25) is 0 Å². The van der Waals surface area contributed by atoms with Crippen LogP contribution in [-0.4, -0.2) is 15.5 Å². The molecule has 1 aromatic heterocycles. The quantitative estimate of drug-likeness (QED) is 0.719. The fourth-order valence-electron chi connectivity index (χ4n) is 1.63. The predicted octanol–water partition coefficient (Wildman–Crippen LogP) is -0.999. The standard InChI is InChI=1S/C11H10N2O4/c1-6(10(15)16)13-9(14)7-4-2-3-5-8(7)12-11(13)17/h2-6H,1H3,(H,12,17)(H,15,16)/p-1/t6-/m1/s1. The van der Waals surface area contributed by atoms with Crippen LogP contribution in [0.15, 0.2) is 33.9 Å². The zero-order valence-electron chi connectivity index (χ0n) is 8.97. The lowest BCUT2D eigenvalue weighted by Gasteiger charge is -2.15. The van der Waals surface area contributed by atoms with Crippen molar-refractivity contribution in [2.24, 2.45) is 0 Å². The zero-order chi connectivity index (χ0) is 12.6. The molecule has 0 amide bonds. The second-order valence-corrected chi connectivity index (χ2v) is 3.65. The van der Waals surface area contributed by atoms with E-state index in [4.69, 9.17) is 0 Å². The highest BCUT2D eigenvalue weighted by Gasteiger charge is 2.13. The first kappa shape index (κ1) is 11.1. The van der Waals surface area contributed by atoms with E-state index >= 15 is 0 Å². The van der Waals surface area contributed by atoms with Crippen LogP contribution in [0.3, 0.4) is 0 Å². The van der Waals surface area contributed by atoms with Crippen LogP contribution in [0.1, 0.15) is 13.0 Å². The number of hydrogen-bond acceptors (Lipinski definition) is 4. The highest BCUT2D eigenvalue weighted by molar-refractivity contribution is 5.77. The maximum Gasteiger partial charge on any atom is 0.329 e. The van der Waals surface area contributed by atoms with E-state index in [1.807, 2.05) is 0 Å². The number of carboxylic acids is 1. The summed E-state index contributed by atoms with van der Waals surface area (Å²) in [6, 6.07) is 5.09. The molecule has 2 aromatic rings. The number of rotatable bonds is 2. The molecule has 0 radical (unpaired) electrons. The van der Waals surface area contributed by atoms with E-state index in [0.717, 1.165) is 0 Å². The smallest absolute Gasteiger partial charge is 0.329 e. The molecular formula is C11H9N2O4-. The van der Waals surface area contributed by atoms with Crippen LogP contribution in [-0.2, 0) is 4.79 Å². The van der Waals surface area contributed by atoms with Crippen molar-refractivity contribution in [1.82, 2.24) is 9.55 Å². The Morgan fingerprint density at radius 1 is 1.35 bits per heavy atom. The lowest BCUT2D eigenvalue weighted by molar-refractivity contribution is -0.309. The molecule has 1 N–H and O–H groups in total. The van der Waals surface area contributed by atoms with Gasteiger partial charge in [0.25, 0.3) is 5.56 Å². The van der Waals surface area contributed by atoms with Crippen LogP contribution in [0.2, 0.25) is 0 Å². The molecule has 0 bridgehead atoms. The number of nitrogens with zero attached hydrogens (tertiary/aromatic N) is 1. The maximum absolute atomic E-state index is 11.9. The molecule has 0 saturated heterocycles. The largest absolute Gasteiger partial charge is 0.548 e. The summed E-state index contributed by atoms with van der Waals surface area (Å²) in [5.74, 6) is -1.48. The second kappa shape index (κ2) is 3.89. The van der Waals surface area contributed by atoms with Crippen molar-refractivity contribution in [1.29, 1.82) is 0 Å². The number of nitrogens with one attached hydrogen (secondary N) is 1. The van der Waals surface area contributed by atoms with Gasteiger partial charge in [-0.1, -0.05) is 12.1 Å². The van der Waals surface area contributed by atoms with E-state index in [0.29, 0.717) is 10.1 Å². The summed E-state index contributed by atoms with van der Waals surface area (Å²) in [5.41, 5.74) is -1.02. The lowest BCUT2D eigenvalue weighted by Crippen LogP contribution is -2.44. The van der Waals surface area contributed by atoms with Crippen LogP contribution < -0.4 is 16.4 Å². The molecule has 0 saturated carbocycles. The van der Waals surface area contributed by atoms with Crippen molar-refractivity contribution in [3.05, 3.63) is 45.1 Å². The number of fused-ring (bicyclic) bond motifs is 1. The molecule has 1 atom stereocenters. The van der Waals surface area contributed by atoms with Gasteiger partial charge in [-0.25, -0.2) is 4.79 Å². The Bertz CT molecular complexity index is 698. The van der Waals surface area contributed by atoms with Gasteiger partial charge >= 0.3 is 5.69 Å². The molecule has 88 valence electrons. The number of H-pyrrole nitrogens is 1. The molecule has 2 rings (SSSR count). The van der Waals surface area contributed by atoms with Gasteiger partial charge < -0.3 is 14.9 Å². The maximum atomic E-state index is 11.9. The topological polar surface area (TPSA) is 95.0 Å². The summed E-state index contributed by atoms with van der Waals surface area (Å²) in [6.45, 7) is 1.22. The van der Waals surface area contributed by atoms with E-state index in [1.54, 1.807) is 18.2 Å². The summed E-state index contributed by atoms with van der Waals surface area (Å²) in [5, 5.41) is 11.0. The predicted molar refractivity (Wildman–Crippen MR) is 58.5 cm³/mol. The summed E-state index contributed by atoms with van der Waals surface area (Å²) in [4.78, 5) is 36.7. The average Bonchev–Trinajstić information content (AvgIpc) is 2.28. The molecule has 1 aromatic carbocycles. The Hall–Kier alpha value is -2.37. The van der Waals surface area contributed by atoms with E-state index in [2.05, 4.69) is 4.98 Å². The van der Waals surface area contributed by atoms with Crippen LogP contribution in [0.5, 0.6) is 0 Å². The highest BCUT2D eigenvalue weighted by atomic mass is 16.4. The molecular weight excluding hydrogens is 224 g/mol. The monoisotopic (exact) mass is 233 g/mol. The first-order valence-electron chi connectivity index (χ1n) is 4.97. The molecule has 0 aliphatic rings. The number of aliphatic carboxylic acids is 1. The van der Waals surface area contributed by atoms with Crippen molar-refractivity contribution in [2.75, 3.05) is 0 Å². The van der Waals surface area contributed by atoms with E-state index < -0.39 is 23.3 Å². The minimum atomic E-state index is -1.48. The van der Waals surface area contributed by atoms with Gasteiger partial charge in [0.1, 0.15) is 0 Å². The number of para-hydroxylation sites is 1. The fraction of sp³-hybridized carbons (Fsp3) is 0.182. The van der Waals surface area contributed by atoms with Crippen LogP contribution in [0.25, 0.3) is 10.9 Å². The average molecular weight is 233 g/mol. The molecule has 1 heterocycles. The Balaban J connectivity index is 2.86. The minimum Gasteiger partial charge on any atom is -0.548 e. The van der Waals surface area contributed by atoms with E-state index in [-0.39, 0.29) is 5.39 Å². The third-order valence-corrected chi connectivity index (χ3v) is 2.57. The van der Waals surface area contributed by atoms with E-state index in [1.165, 1.54) is 13.0 Å². The first-order valence-corrected chi connectivity index (χ1v) is 4.97. The van der Waals surface area contributed by atoms with Gasteiger partial charge in [0.15, 0.2) is 0 Å². The molecule has 0 aliphatic carbocycles. The van der Waals surface area contributed by atoms with Gasteiger partial charge in [-0.2, -0.15) is 0 Å². The van der Waals surface area contributed by atoms with Crippen molar-refractivity contribution in [3.8, 4) is 0 Å². The van der Waals surface area contributed by atoms with Crippen LogP contribution >= 0.6 is 0 Å². The number of aromatic nitrogens is 2. The van der Waals surface area contributed by atoms with Crippen molar-refractivity contribution >= 4 is 16.9 Å². The molecule has 6 nitrogen and oxygen atoms in total. The Morgan fingerprint density at radius 3 is 2.65 bits per heavy atom. The lowest BCUT2D eigenvalue weighted by atomic mass is 10.2. The third-order valence-electron chi connectivity index (χ3n) is 2.57. The molecule has 0 aliphatic heterocycles. The Kier molecular flexibility index (Phi) is 2.55. The number of aromatic amines is 1. The summed E-state index contributed by atoms with van der Waals surface area (Å²) >= 11 is 0. The minimum absolute atomic E-state index is 0.264. The zero-order valence-corrected chi connectivity index (χ0v) is 8.97. The highest BCUT2D eigenvalue weighted by Crippen LogP contribution is 2.05. The number of hydrogen-bond donors (Lipinski definition) is 1. The van der Waals surface area contributed by atoms with Crippen molar-refractivity contribution < 1.29 is 9.90 Å². The number of carbonyl (C=O) groups excluding carboxylic acids is 1. The summed E-state index contributed by atoms with van der Waals surface area (Å²) in [6.07, 6.45) is 0. The molecule has 0 unspecified atom stereocenters. The summed E-state index contributed by atoms with van der Waals surface area (Å²) in [7, 11) is 0. The summed E-state index contributed by atoms with van der Waals surface area (Å²) < 4.78 is 0.637. The fourth-order valence-corrected chi connectivity index (χ4v) is 1.63. The van der Waals surface area contributed by atoms with Gasteiger partial charge in [0, 0.05) is 0 Å². The Labute approximate surface area is 95.1 Å². The van der Waals surface area contributed by atoms with E-state index in [9.17, 15) is 19.5 Å². The van der Waals surface area contributed by atoms with Gasteiger partial charge in [-0.3, -0.25) is 9.36 Å². The van der Waals surface area contributed by atoms with Crippen LogP contribution in [0, 0.1) is 0 Å². The number of benzene rings is 1. The molecule has 0 fully saturated rings. The van der Waals surface area contributed by atoms with Crippen molar-refractivity contribution in [3.63, 3.8) is 0 Å². The number of carboxylic acid groups (broad SMARTS) is 1. The van der Waals surface area contributed by atoms with Crippen molar-refractivity contribution in [2.45, 2.75) is 13.0 Å². The number of carbonyl (C=O) groups is 1. The second-order valence-electron chi connectivity index (χ2n) is 3.65.